The van der Waals surface area contributed by atoms with Gasteiger partial charge in [-0.1, -0.05) is 67.5 Å². The van der Waals surface area contributed by atoms with Crippen LogP contribution >= 0.6 is 11.3 Å². The van der Waals surface area contributed by atoms with Crippen molar-refractivity contribution in [2.24, 2.45) is 0 Å². The summed E-state index contributed by atoms with van der Waals surface area (Å²) in [5, 5.41) is 4.24. The second-order valence-electron chi connectivity index (χ2n) is 10.1. The molecule has 0 atom stereocenters. The van der Waals surface area contributed by atoms with E-state index in [0.717, 1.165) is 22.5 Å². The Morgan fingerprint density at radius 1 is 0.737 bits per heavy atom. The van der Waals surface area contributed by atoms with Crippen LogP contribution in [0.1, 0.15) is 15.2 Å². The predicted octanol–water partition coefficient (Wildman–Crippen LogP) is 8.63. The second kappa shape index (κ2) is 11.8. The van der Waals surface area contributed by atoms with E-state index in [-0.39, 0.29) is 25.7 Å². The molecule has 0 spiro atoms. The molecular weight excluding hydrogens is 677 g/mol. The summed E-state index contributed by atoms with van der Waals surface area (Å²) in [4.78, 5) is 8.75. The minimum Gasteiger partial charge on any atom is -0.304 e. The number of benzene rings is 3. The molecule has 1 radical (unpaired) electrons. The van der Waals surface area contributed by atoms with Crippen LogP contribution in [0.5, 0.6) is 0 Å². The number of nitrogens with zero attached hydrogens (tertiary/aromatic N) is 2. The van der Waals surface area contributed by atoms with Crippen LogP contribution in [0.25, 0.3) is 42.7 Å². The molecule has 0 saturated heterocycles. The molecule has 3 aromatic heterocycles. The molecule has 2 nitrogen and oxygen atoms in total. The molecule has 0 saturated carbocycles. The number of hydrogen-bond acceptors (Lipinski definition) is 3. The van der Waals surface area contributed by atoms with Gasteiger partial charge in [-0.3, -0.25) is 0 Å². The van der Waals surface area contributed by atoms with Gasteiger partial charge in [-0.25, -0.2) is 0 Å². The maximum atomic E-state index is 7.23. The van der Waals surface area contributed by atoms with E-state index in [1.807, 2.05) is 41.8 Å². The van der Waals surface area contributed by atoms with Crippen LogP contribution in [0.15, 0.2) is 91.3 Å². The van der Waals surface area contributed by atoms with Crippen molar-refractivity contribution in [3.05, 3.63) is 115 Å². The Bertz CT molecular complexity index is 1760. The van der Waals surface area contributed by atoms with Crippen molar-refractivity contribution in [2.75, 3.05) is 0 Å². The Balaban J connectivity index is 0.000000200. The minimum absolute atomic E-state index is 0. The average Bonchev–Trinajstić information content (AvgIpc) is 3.32. The fraction of sp³-hybridized carbons (Fsp3) is 0.152. The molecule has 193 valence electrons. The molecule has 0 aliphatic carbocycles. The zero-order chi connectivity index (χ0) is 28.5. The summed E-state index contributed by atoms with van der Waals surface area (Å²) in [7, 11) is -1.38. The van der Waals surface area contributed by atoms with Crippen molar-refractivity contribution in [3.63, 3.8) is 0 Å². The third-order valence-electron chi connectivity index (χ3n) is 6.18. The summed E-state index contributed by atoms with van der Waals surface area (Å²) in [6.07, 6.45) is 3.33. The van der Waals surface area contributed by atoms with Crippen LogP contribution in [0.2, 0.25) is 19.6 Å². The molecule has 6 aromatic rings. The number of aryl methyl sites for hydroxylation is 2. The first kappa shape index (κ1) is 24.1. The monoisotopic (exact) mass is 710 g/mol. The molecular formula is C33H30IrN2SSi-2. The standard InChI is InChI=1S/C21H20NSSi.C12H10N.Ir/c1-14-11-12-18(22-13-14)17-9-5-7-15-16-8-6-10-19(24(2,3)4)21(16)23-20(15)17;1-10-7-8-12(13-9-10)11-5-3-2-4-6-11;/h5-8,10-13H,1-4H3;2-5,7-9H,1H3;/q2*-1;/i;1D3;. The first-order chi connectivity index (χ1) is 19.0. The first-order valence-electron chi connectivity index (χ1n) is 13.8. The third-order valence-corrected chi connectivity index (χ3v) is 9.67. The minimum atomic E-state index is -2.09. The van der Waals surface area contributed by atoms with Crippen LogP contribution in [0.3, 0.4) is 0 Å². The Hall–Kier alpha value is -2.95. The van der Waals surface area contributed by atoms with E-state index in [4.69, 9.17) is 4.11 Å². The van der Waals surface area contributed by atoms with Crippen molar-refractivity contribution in [1.82, 2.24) is 9.97 Å². The van der Waals surface area contributed by atoms with Gasteiger partial charge in [0.25, 0.3) is 0 Å². The number of fused-ring (bicyclic) bond motifs is 3. The molecule has 38 heavy (non-hydrogen) atoms. The molecule has 0 amide bonds. The summed E-state index contributed by atoms with van der Waals surface area (Å²) in [5.74, 6) is 0. The topological polar surface area (TPSA) is 25.8 Å². The van der Waals surface area contributed by atoms with Gasteiger partial charge in [-0.05, 0) is 51.6 Å². The maximum Gasteiger partial charge on any atom is 0.0794 e. The van der Waals surface area contributed by atoms with E-state index < -0.39 is 14.9 Å². The van der Waals surface area contributed by atoms with Gasteiger partial charge in [0.1, 0.15) is 0 Å². The van der Waals surface area contributed by atoms with Gasteiger partial charge < -0.3 is 9.97 Å². The van der Waals surface area contributed by atoms with Gasteiger partial charge in [-0.15, -0.1) is 59.7 Å². The molecule has 3 heterocycles. The van der Waals surface area contributed by atoms with Gasteiger partial charge in [0.2, 0.25) is 0 Å². The number of thiophene rings is 1. The predicted molar refractivity (Wildman–Crippen MR) is 162 cm³/mol. The quantitative estimate of drug-likeness (QED) is 0.136. The number of rotatable bonds is 3. The fourth-order valence-electron chi connectivity index (χ4n) is 4.27. The van der Waals surface area contributed by atoms with E-state index in [2.05, 4.69) is 85.1 Å². The smallest absolute Gasteiger partial charge is 0.0794 e. The summed E-state index contributed by atoms with van der Waals surface area (Å²) in [6.45, 7) is 7.23. The van der Waals surface area contributed by atoms with Crippen molar-refractivity contribution < 1.29 is 24.2 Å². The van der Waals surface area contributed by atoms with Crippen molar-refractivity contribution >= 4 is 44.8 Å². The summed E-state index contributed by atoms with van der Waals surface area (Å²) >= 11 is 1.90. The van der Waals surface area contributed by atoms with E-state index in [9.17, 15) is 0 Å². The van der Waals surface area contributed by atoms with Gasteiger partial charge in [0.05, 0.1) is 8.07 Å². The normalized spacial score (nSPS) is 12.6. The molecule has 0 aliphatic rings. The van der Waals surface area contributed by atoms with Gasteiger partial charge >= 0.3 is 0 Å². The van der Waals surface area contributed by atoms with Crippen molar-refractivity contribution in [3.8, 4) is 22.5 Å². The average molecular weight is 710 g/mol. The molecule has 0 fully saturated rings. The van der Waals surface area contributed by atoms with Crippen LogP contribution in [0, 0.1) is 25.9 Å². The molecule has 5 heteroatoms. The molecule has 0 unspecified atom stereocenters. The van der Waals surface area contributed by atoms with Crippen LogP contribution in [0.4, 0.5) is 0 Å². The van der Waals surface area contributed by atoms with Crippen LogP contribution in [-0.2, 0) is 20.1 Å². The second-order valence-corrected chi connectivity index (χ2v) is 16.1. The SMILES string of the molecule is Cc1ccc(-c2[c-]ccc3c2sc2c([Si](C)(C)C)cccc23)nc1.[2H]C([2H])([2H])c1ccc(-c2[c-]cccc2)nc1.[Ir]. The molecule has 0 N–H and O–H groups in total. The summed E-state index contributed by atoms with van der Waals surface area (Å²) in [5.41, 5.74) is 5.16. The molecule has 6 rings (SSSR count). The van der Waals surface area contributed by atoms with E-state index in [1.54, 1.807) is 23.4 Å². The van der Waals surface area contributed by atoms with Gasteiger partial charge in [0, 0.05) is 41.3 Å². The Morgan fingerprint density at radius 3 is 2.13 bits per heavy atom. The fourth-order valence-corrected chi connectivity index (χ4v) is 7.97. The van der Waals surface area contributed by atoms with Crippen molar-refractivity contribution in [2.45, 2.75) is 33.4 Å². The molecule has 3 aromatic carbocycles. The van der Waals surface area contributed by atoms with E-state index in [0.29, 0.717) is 0 Å². The van der Waals surface area contributed by atoms with Crippen LogP contribution in [-0.4, -0.2) is 18.0 Å². The van der Waals surface area contributed by atoms with Gasteiger partial charge in [-0.2, -0.15) is 11.3 Å². The molecule has 0 aliphatic heterocycles. The largest absolute Gasteiger partial charge is 0.304 e. The Kier molecular flexibility index (Phi) is 7.51. The number of pyridine rings is 2. The number of hydrogen-bond donors (Lipinski definition) is 0. The van der Waals surface area contributed by atoms with Crippen molar-refractivity contribution in [1.29, 1.82) is 0 Å². The van der Waals surface area contributed by atoms with Gasteiger partial charge in [0.15, 0.2) is 0 Å². The third kappa shape index (κ3) is 6.03. The first-order valence-corrected chi connectivity index (χ1v) is 16.6. The summed E-state index contributed by atoms with van der Waals surface area (Å²) < 4.78 is 24.4. The Morgan fingerprint density at radius 2 is 1.47 bits per heavy atom. The van der Waals surface area contributed by atoms with E-state index >= 15 is 0 Å². The summed E-state index contributed by atoms with van der Waals surface area (Å²) in [6, 6.07) is 32.4. The maximum absolute atomic E-state index is 7.23. The van der Waals surface area contributed by atoms with E-state index in [1.165, 1.54) is 31.9 Å². The zero-order valence-electron chi connectivity index (χ0n) is 24.8. The molecule has 0 bridgehead atoms. The zero-order valence-corrected chi connectivity index (χ0v) is 26.0. The number of aromatic nitrogens is 2. The Labute approximate surface area is 248 Å². The van der Waals surface area contributed by atoms with Crippen LogP contribution < -0.4 is 5.19 Å².